The molecule has 0 aromatic carbocycles. The number of amides is 1. The van der Waals surface area contributed by atoms with Crippen molar-refractivity contribution in [1.82, 2.24) is 39.7 Å². The maximum Gasteiger partial charge on any atom is 0.408 e. The first kappa shape index (κ1) is 21.3. The summed E-state index contributed by atoms with van der Waals surface area (Å²) in [5.74, 6) is 1.63. The Labute approximate surface area is 204 Å². The Morgan fingerprint density at radius 3 is 2.94 bits per heavy atom. The fraction of sp³-hybridized carbons (Fsp3) is 0.435. The lowest BCUT2D eigenvalue weighted by molar-refractivity contribution is -0.0528. The first-order valence-electron chi connectivity index (χ1n) is 11.8. The number of anilines is 2. The molecule has 3 N–H and O–H groups in total. The minimum Gasteiger partial charge on any atom is -0.441 e. The van der Waals surface area contributed by atoms with Crippen molar-refractivity contribution < 1.29 is 18.7 Å². The molecule has 4 aromatic rings. The first-order chi connectivity index (χ1) is 17.4. The number of fused-ring (bicyclic) bond motifs is 1. The van der Waals surface area contributed by atoms with Crippen LogP contribution in [-0.2, 0) is 16.5 Å². The summed E-state index contributed by atoms with van der Waals surface area (Å²) in [5.41, 5.74) is 2.54. The van der Waals surface area contributed by atoms with Gasteiger partial charge in [0.15, 0.2) is 18.1 Å². The molecule has 1 saturated heterocycles. The van der Waals surface area contributed by atoms with Gasteiger partial charge in [0.05, 0.1) is 24.2 Å². The number of hydrogen-bond acceptors (Lipinski definition) is 8. The molecule has 36 heavy (non-hydrogen) atoms. The molecular formula is C23H24FN9O3. The summed E-state index contributed by atoms with van der Waals surface area (Å²) < 4.78 is 29.6. The lowest BCUT2D eigenvalue weighted by Gasteiger charge is -2.61. The fourth-order valence-corrected chi connectivity index (χ4v) is 5.33. The molecule has 1 amide bonds. The molecule has 12 nitrogen and oxygen atoms in total. The lowest BCUT2D eigenvalue weighted by atomic mass is 9.50. The number of carbonyl (C=O) groups is 1. The van der Waals surface area contributed by atoms with Gasteiger partial charge in [-0.1, -0.05) is 0 Å². The average Bonchev–Trinajstić information content (AvgIpc) is 3.59. The maximum absolute atomic E-state index is 15.2. The second kappa shape index (κ2) is 7.75. The molecule has 0 unspecified atom stereocenters. The molecule has 1 aliphatic heterocycles. The van der Waals surface area contributed by atoms with Gasteiger partial charge in [-0.15, -0.1) is 0 Å². The molecule has 3 atom stereocenters. The van der Waals surface area contributed by atoms with Crippen LogP contribution in [0.1, 0.15) is 31.1 Å². The molecule has 0 spiro atoms. The van der Waals surface area contributed by atoms with E-state index in [0.717, 1.165) is 30.7 Å². The van der Waals surface area contributed by atoms with Crippen LogP contribution in [0.25, 0.3) is 16.9 Å². The van der Waals surface area contributed by atoms with Crippen molar-refractivity contribution >= 4 is 23.5 Å². The third-order valence-corrected chi connectivity index (χ3v) is 7.28. The Morgan fingerprint density at radius 2 is 2.19 bits per heavy atom. The summed E-state index contributed by atoms with van der Waals surface area (Å²) in [5, 5.41) is 17.3. The second-order valence-electron chi connectivity index (χ2n) is 9.88. The van der Waals surface area contributed by atoms with Crippen molar-refractivity contribution in [3.63, 3.8) is 0 Å². The lowest BCUT2D eigenvalue weighted by Crippen LogP contribution is -2.68. The maximum atomic E-state index is 15.2. The van der Waals surface area contributed by atoms with Gasteiger partial charge in [0, 0.05) is 48.9 Å². The van der Waals surface area contributed by atoms with Gasteiger partial charge in [0.25, 0.3) is 0 Å². The second-order valence-corrected chi connectivity index (χ2v) is 9.88. The van der Waals surface area contributed by atoms with E-state index in [1.54, 1.807) is 33.7 Å². The Balaban J connectivity index is 1.06. The number of carbonyl (C=O) groups excluding carboxylic acids is 1. The van der Waals surface area contributed by atoms with Gasteiger partial charge in [-0.25, -0.2) is 19.2 Å². The number of aromatic amines is 1. The summed E-state index contributed by atoms with van der Waals surface area (Å²) in [7, 11) is 1.84. The molecule has 3 aliphatic carbocycles. The van der Waals surface area contributed by atoms with Crippen molar-refractivity contribution in [2.75, 3.05) is 11.9 Å². The van der Waals surface area contributed by atoms with Crippen LogP contribution < -0.4 is 10.6 Å². The number of ether oxygens (including phenoxy) is 2. The van der Waals surface area contributed by atoms with Crippen molar-refractivity contribution in [1.29, 1.82) is 0 Å². The minimum atomic E-state index is -1.52. The number of alkyl carbamates (subject to hydrolysis) is 1. The molecule has 5 heterocycles. The largest absolute Gasteiger partial charge is 0.441 e. The third-order valence-electron chi connectivity index (χ3n) is 7.28. The van der Waals surface area contributed by atoms with Gasteiger partial charge in [-0.3, -0.25) is 14.2 Å². The zero-order valence-electron chi connectivity index (χ0n) is 19.4. The SMILES string of the molecule is Cn1cc(-c2cc3nccn3c(Nc3cc([C@H]4OC[C@@H](OC(=O)NC56CC(C5)C6)[C@@H]4F)[nH]n3)n2)cn1. The van der Waals surface area contributed by atoms with E-state index in [0.29, 0.717) is 28.8 Å². The van der Waals surface area contributed by atoms with Crippen LogP contribution in [0.5, 0.6) is 0 Å². The van der Waals surface area contributed by atoms with E-state index in [4.69, 9.17) is 14.5 Å². The number of hydrogen-bond donors (Lipinski definition) is 3. The highest BCUT2D eigenvalue weighted by Crippen LogP contribution is 2.57. The number of nitrogens with zero attached hydrogens (tertiary/aromatic N) is 6. The monoisotopic (exact) mass is 493 g/mol. The highest BCUT2D eigenvalue weighted by atomic mass is 19.1. The Kier molecular flexibility index (Phi) is 4.58. The standard InChI is InChI=1S/C23H24FN9O3/c1-32-10-13(9-26-32)14-5-18-25-2-3-33(18)21(27-14)28-17-4-15(30-31-17)20-19(24)16(11-35-20)36-22(34)29-23-6-12(7-23)8-23/h2-5,9-10,12,16,19-20H,6-8,11H2,1H3,(H,29,34)(H2,27,28,30,31)/t12?,16-,19+,20-,23?/m1/s1. The van der Waals surface area contributed by atoms with Crippen LogP contribution in [0.3, 0.4) is 0 Å². The Morgan fingerprint density at radius 1 is 1.33 bits per heavy atom. The van der Waals surface area contributed by atoms with Crippen molar-refractivity contribution in [2.45, 2.75) is 43.2 Å². The van der Waals surface area contributed by atoms with Crippen molar-refractivity contribution in [3.05, 3.63) is 42.6 Å². The van der Waals surface area contributed by atoms with Gasteiger partial charge >= 0.3 is 6.09 Å². The molecule has 13 heteroatoms. The van der Waals surface area contributed by atoms with Gasteiger partial charge in [-0.05, 0) is 25.2 Å². The Hall–Kier alpha value is -4.00. The van der Waals surface area contributed by atoms with Gasteiger partial charge < -0.3 is 20.1 Å². The summed E-state index contributed by atoms with van der Waals surface area (Å²) in [6.45, 7) is -0.0268. The summed E-state index contributed by atoms with van der Waals surface area (Å²) >= 11 is 0. The van der Waals surface area contributed by atoms with Crippen LogP contribution in [0.2, 0.25) is 0 Å². The fourth-order valence-electron chi connectivity index (χ4n) is 5.33. The summed E-state index contributed by atoms with van der Waals surface area (Å²) in [4.78, 5) is 21.3. The van der Waals surface area contributed by atoms with E-state index in [-0.39, 0.29) is 12.1 Å². The molecule has 4 fully saturated rings. The van der Waals surface area contributed by atoms with Crippen LogP contribution in [-0.4, -0.2) is 64.9 Å². The molecule has 4 aliphatic rings. The molecule has 186 valence electrons. The summed E-state index contributed by atoms with van der Waals surface area (Å²) in [6, 6.07) is 3.52. The molecular weight excluding hydrogens is 469 g/mol. The van der Waals surface area contributed by atoms with Crippen molar-refractivity contribution in [3.8, 4) is 11.3 Å². The number of halogens is 1. The number of rotatable bonds is 6. The van der Waals surface area contributed by atoms with Crippen molar-refractivity contribution in [2.24, 2.45) is 13.0 Å². The normalized spacial score (nSPS) is 28.5. The molecule has 4 aromatic heterocycles. The van der Waals surface area contributed by atoms with Crippen LogP contribution in [0.4, 0.5) is 21.0 Å². The van der Waals surface area contributed by atoms with E-state index < -0.39 is 24.5 Å². The number of aryl methyl sites for hydroxylation is 1. The minimum absolute atomic E-state index is 0.0268. The topological polar surface area (TPSA) is 136 Å². The highest BCUT2D eigenvalue weighted by Gasteiger charge is 2.58. The highest BCUT2D eigenvalue weighted by molar-refractivity contribution is 5.69. The number of alkyl halides is 1. The van der Waals surface area contributed by atoms with Gasteiger partial charge in [0.2, 0.25) is 5.95 Å². The van der Waals surface area contributed by atoms with Crippen LogP contribution in [0.15, 0.2) is 36.9 Å². The first-order valence-corrected chi connectivity index (χ1v) is 11.8. The zero-order valence-corrected chi connectivity index (χ0v) is 19.4. The number of nitrogens with one attached hydrogen (secondary N) is 3. The Bertz CT molecular complexity index is 1440. The van der Waals surface area contributed by atoms with E-state index in [2.05, 4.69) is 30.9 Å². The van der Waals surface area contributed by atoms with Gasteiger partial charge in [0.1, 0.15) is 11.8 Å². The predicted molar refractivity (Wildman–Crippen MR) is 124 cm³/mol. The molecule has 0 radical (unpaired) electrons. The van der Waals surface area contributed by atoms with E-state index in [1.807, 2.05) is 19.3 Å². The van der Waals surface area contributed by atoms with Crippen LogP contribution >= 0.6 is 0 Å². The number of imidazole rings is 1. The van der Waals surface area contributed by atoms with E-state index >= 15 is 4.39 Å². The smallest absolute Gasteiger partial charge is 0.408 e. The third kappa shape index (κ3) is 3.49. The molecule has 3 saturated carbocycles. The molecule has 8 rings (SSSR count). The quantitative estimate of drug-likeness (QED) is 0.373. The predicted octanol–water partition coefficient (Wildman–Crippen LogP) is 2.65. The zero-order chi connectivity index (χ0) is 24.4. The van der Waals surface area contributed by atoms with E-state index in [1.165, 1.54) is 0 Å². The van der Waals surface area contributed by atoms with E-state index in [9.17, 15) is 4.79 Å². The molecule has 2 bridgehead atoms. The number of aromatic nitrogens is 7. The summed E-state index contributed by atoms with van der Waals surface area (Å²) in [6.07, 6.45) is 5.99. The average molecular weight is 494 g/mol. The van der Waals surface area contributed by atoms with Gasteiger partial charge in [-0.2, -0.15) is 10.2 Å². The number of H-pyrrole nitrogens is 1. The van der Waals surface area contributed by atoms with Crippen LogP contribution in [0, 0.1) is 5.92 Å².